The topological polar surface area (TPSA) is 9.23 Å². The molecule has 0 saturated heterocycles. The molecule has 0 unspecified atom stereocenters. The standard InChI is InChI=1S/C12H15O.BrH.Mg/c1-3-7-11(8-4-1)13-12-9-5-2-6-10-12;;/h1,3,7-8,12H,2,5-6,9-10H2;1H;/q-1;;+2/p-1. The van der Waals surface area contributed by atoms with E-state index in [1.807, 2.05) is 24.3 Å². The van der Waals surface area contributed by atoms with Gasteiger partial charge in [0.15, 0.2) is 0 Å². The van der Waals surface area contributed by atoms with Crippen LogP contribution in [-0.4, -0.2) is 29.2 Å². The molecule has 1 nitrogen and oxygen atoms in total. The van der Waals surface area contributed by atoms with E-state index in [1.54, 1.807) is 0 Å². The molecule has 1 fully saturated rings. The number of benzene rings is 1. The van der Waals surface area contributed by atoms with Crippen molar-refractivity contribution in [3.8, 4) is 5.75 Å². The molecule has 1 aliphatic rings. The van der Waals surface area contributed by atoms with Crippen molar-refractivity contribution in [3.05, 3.63) is 30.3 Å². The Morgan fingerprint density at radius 3 is 2.53 bits per heavy atom. The molecule has 0 bridgehead atoms. The van der Waals surface area contributed by atoms with Crippen LogP contribution >= 0.6 is 0 Å². The van der Waals surface area contributed by atoms with Gasteiger partial charge in [0.05, 0.1) is 6.10 Å². The average molecular weight is 279 g/mol. The first-order valence-electron chi connectivity index (χ1n) is 5.08. The molecule has 3 heteroatoms. The van der Waals surface area contributed by atoms with Gasteiger partial charge in [-0.1, -0.05) is 6.42 Å². The SMILES string of the molecule is [Br-].[Mg+2].[c-]1cccc(OC2CCCCC2)c1. The van der Waals surface area contributed by atoms with Gasteiger partial charge in [-0.25, -0.2) is 0 Å². The summed E-state index contributed by atoms with van der Waals surface area (Å²) >= 11 is 0. The van der Waals surface area contributed by atoms with Crippen molar-refractivity contribution < 1.29 is 21.7 Å². The van der Waals surface area contributed by atoms with Gasteiger partial charge in [0.25, 0.3) is 0 Å². The second kappa shape index (κ2) is 8.42. The van der Waals surface area contributed by atoms with Crippen molar-refractivity contribution in [3.63, 3.8) is 0 Å². The summed E-state index contributed by atoms with van der Waals surface area (Å²) in [4.78, 5) is 0. The summed E-state index contributed by atoms with van der Waals surface area (Å²) < 4.78 is 5.82. The molecule has 1 aromatic rings. The van der Waals surface area contributed by atoms with Gasteiger partial charge in [-0.05, 0) is 25.7 Å². The summed E-state index contributed by atoms with van der Waals surface area (Å²) in [5.74, 6) is 0.967. The quantitative estimate of drug-likeness (QED) is 0.539. The summed E-state index contributed by atoms with van der Waals surface area (Å²) in [6.45, 7) is 0. The van der Waals surface area contributed by atoms with Gasteiger partial charge in [0, 0.05) is 5.75 Å². The van der Waals surface area contributed by atoms with Crippen LogP contribution in [0.25, 0.3) is 0 Å². The van der Waals surface area contributed by atoms with E-state index >= 15 is 0 Å². The van der Waals surface area contributed by atoms with E-state index in [4.69, 9.17) is 4.74 Å². The Morgan fingerprint density at radius 1 is 1.20 bits per heavy atom. The molecule has 1 saturated carbocycles. The summed E-state index contributed by atoms with van der Waals surface area (Å²) in [6, 6.07) is 10.8. The van der Waals surface area contributed by atoms with Crippen LogP contribution in [0.5, 0.6) is 5.75 Å². The molecule has 1 aliphatic carbocycles. The normalized spacial score (nSPS) is 16.0. The van der Waals surface area contributed by atoms with Gasteiger partial charge in [-0.3, -0.25) is 0 Å². The maximum absolute atomic E-state index is 5.82. The summed E-state index contributed by atoms with van der Waals surface area (Å²) in [6.07, 6.45) is 6.90. The van der Waals surface area contributed by atoms with Crippen molar-refractivity contribution in [1.82, 2.24) is 0 Å². The molecule has 0 spiro atoms. The fourth-order valence-corrected chi connectivity index (χ4v) is 1.83. The Hall–Kier alpha value is 0.266. The maximum atomic E-state index is 5.82. The third-order valence-corrected chi connectivity index (χ3v) is 2.53. The average Bonchev–Trinajstić information content (AvgIpc) is 2.21. The first kappa shape index (κ1) is 15.3. The summed E-state index contributed by atoms with van der Waals surface area (Å²) in [7, 11) is 0. The Morgan fingerprint density at radius 2 is 1.93 bits per heavy atom. The predicted molar refractivity (Wildman–Crippen MR) is 58.5 cm³/mol. The van der Waals surface area contributed by atoms with Gasteiger partial charge in [-0.2, -0.15) is 18.2 Å². The van der Waals surface area contributed by atoms with Crippen LogP contribution in [0.1, 0.15) is 32.1 Å². The van der Waals surface area contributed by atoms with Gasteiger partial charge >= 0.3 is 23.1 Å². The molecule has 0 amide bonds. The van der Waals surface area contributed by atoms with Gasteiger partial charge in [-0.15, -0.1) is 12.1 Å². The van der Waals surface area contributed by atoms with Crippen LogP contribution in [0.3, 0.4) is 0 Å². The molecule has 0 aromatic heterocycles. The number of rotatable bonds is 2. The zero-order valence-corrected chi connectivity index (χ0v) is 11.9. The number of hydrogen-bond donors (Lipinski definition) is 0. The van der Waals surface area contributed by atoms with Crippen molar-refractivity contribution in [1.29, 1.82) is 0 Å². The van der Waals surface area contributed by atoms with E-state index in [0.29, 0.717) is 6.10 Å². The molecule has 0 aliphatic heterocycles. The first-order valence-corrected chi connectivity index (χ1v) is 5.08. The van der Waals surface area contributed by atoms with E-state index in [0.717, 1.165) is 5.75 Å². The Kier molecular flexibility index (Phi) is 8.57. The van der Waals surface area contributed by atoms with Gasteiger partial charge in [0.1, 0.15) is 0 Å². The van der Waals surface area contributed by atoms with Crippen LogP contribution in [0.2, 0.25) is 0 Å². The number of halogens is 1. The molecule has 2 rings (SSSR count). The second-order valence-electron chi connectivity index (χ2n) is 3.62. The zero-order valence-electron chi connectivity index (χ0n) is 8.92. The molecule has 0 N–H and O–H groups in total. The summed E-state index contributed by atoms with van der Waals surface area (Å²) in [5, 5.41) is 0. The Balaban J connectivity index is 0.000000980. The first-order chi connectivity index (χ1) is 6.45. The van der Waals surface area contributed by atoms with Crippen LogP contribution in [-0.2, 0) is 0 Å². The van der Waals surface area contributed by atoms with Gasteiger partial charge in [0.2, 0.25) is 0 Å². The van der Waals surface area contributed by atoms with Crippen LogP contribution in [0.15, 0.2) is 24.3 Å². The minimum atomic E-state index is 0. The van der Waals surface area contributed by atoms with E-state index in [2.05, 4.69) is 6.07 Å². The largest absolute Gasteiger partial charge is 2.00 e. The molecule has 0 radical (unpaired) electrons. The smallest absolute Gasteiger partial charge is 1.00 e. The van der Waals surface area contributed by atoms with Crippen molar-refractivity contribution in [2.24, 2.45) is 0 Å². The van der Waals surface area contributed by atoms with E-state index in [-0.39, 0.29) is 40.0 Å². The van der Waals surface area contributed by atoms with E-state index in [9.17, 15) is 0 Å². The fraction of sp³-hybridized carbons (Fsp3) is 0.500. The molecule has 0 atom stereocenters. The van der Waals surface area contributed by atoms with E-state index < -0.39 is 0 Å². The minimum absolute atomic E-state index is 0. The fourth-order valence-electron chi connectivity index (χ4n) is 1.83. The monoisotopic (exact) mass is 278 g/mol. The second-order valence-corrected chi connectivity index (χ2v) is 3.62. The van der Waals surface area contributed by atoms with Gasteiger partial charge < -0.3 is 21.7 Å². The van der Waals surface area contributed by atoms with Crippen molar-refractivity contribution in [2.75, 3.05) is 0 Å². The van der Waals surface area contributed by atoms with Crippen molar-refractivity contribution >= 4 is 23.1 Å². The van der Waals surface area contributed by atoms with E-state index in [1.165, 1.54) is 32.1 Å². The number of hydrogen-bond acceptors (Lipinski definition) is 1. The van der Waals surface area contributed by atoms with Crippen LogP contribution < -0.4 is 21.7 Å². The zero-order chi connectivity index (χ0) is 8.93. The molecule has 0 heterocycles. The Labute approximate surface area is 119 Å². The number of ether oxygens (including phenoxy) is 1. The van der Waals surface area contributed by atoms with Crippen molar-refractivity contribution in [2.45, 2.75) is 38.2 Å². The molecule has 1 aromatic carbocycles. The van der Waals surface area contributed by atoms with Crippen LogP contribution in [0.4, 0.5) is 0 Å². The maximum Gasteiger partial charge on any atom is 2.00 e. The molecule has 78 valence electrons. The third-order valence-electron chi connectivity index (χ3n) is 2.53. The molecular weight excluding hydrogens is 264 g/mol. The third kappa shape index (κ3) is 5.23. The Bertz CT molecular complexity index is 247. The molecule has 15 heavy (non-hydrogen) atoms. The predicted octanol–water partition coefficient (Wildman–Crippen LogP) is -0.179. The molecular formula is C12H15BrMgO. The minimum Gasteiger partial charge on any atom is -1.00 e. The van der Waals surface area contributed by atoms with Crippen LogP contribution in [0, 0.1) is 6.07 Å². The summed E-state index contributed by atoms with van der Waals surface area (Å²) in [5.41, 5.74) is 0.